The van der Waals surface area contributed by atoms with Gasteiger partial charge in [-0.1, -0.05) is 43.2 Å². The van der Waals surface area contributed by atoms with Crippen molar-refractivity contribution in [2.45, 2.75) is 64.2 Å². The van der Waals surface area contributed by atoms with Crippen LogP contribution in [-0.2, 0) is 14.3 Å². The van der Waals surface area contributed by atoms with Crippen molar-refractivity contribution in [3.8, 4) is 0 Å². The van der Waals surface area contributed by atoms with Crippen molar-refractivity contribution in [2.24, 2.45) is 0 Å². The molecule has 1 fully saturated rings. The van der Waals surface area contributed by atoms with Crippen molar-refractivity contribution < 1.29 is 14.3 Å². The van der Waals surface area contributed by atoms with E-state index in [1.807, 2.05) is 51.1 Å². The van der Waals surface area contributed by atoms with Crippen molar-refractivity contribution in [1.29, 1.82) is 0 Å². The third-order valence-electron chi connectivity index (χ3n) is 3.91. The molecule has 0 radical (unpaired) electrons. The molecule has 0 saturated heterocycles. The number of ether oxygens (including phenoxy) is 1. The summed E-state index contributed by atoms with van der Waals surface area (Å²) in [5.41, 5.74) is 0.499. The standard InChI is InChI=1S/C19H28N2O3/c1-19(2,3)21-16(22)13-20-18(23)17(14-9-5-4-6-10-14)24-15-11-7-8-12-15/h4-6,9-10,15,17H,7-8,11-13H2,1-3H3,(H,20,23)(H,21,22)/t17-/m1/s1. The molecule has 2 N–H and O–H groups in total. The topological polar surface area (TPSA) is 67.4 Å². The largest absolute Gasteiger partial charge is 0.360 e. The zero-order valence-electron chi connectivity index (χ0n) is 14.8. The first-order valence-electron chi connectivity index (χ1n) is 8.64. The van der Waals surface area contributed by atoms with Crippen LogP contribution in [0.15, 0.2) is 30.3 Å². The van der Waals surface area contributed by atoms with Gasteiger partial charge < -0.3 is 15.4 Å². The Kier molecular flexibility index (Phi) is 6.37. The van der Waals surface area contributed by atoms with Crippen molar-refractivity contribution >= 4 is 11.8 Å². The third kappa shape index (κ3) is 5.96. The van der Waals surface area contributed by atoms with Crippen LogP contribution in [0.3, 0.4) is 0 Å². The minimum Gasteiger partial charge on any atom is -0.360 e. The number of carbonyl (C=O) groups excluding carboxylic acids is 2. The molecule has 132 valence electrons. The van der Waals surface area contributed by atoms with Crippen molar-refractivity contribution in [3.05, 3.63) is 35.9 Å². The highest BCUT2D eigenvalue weighted by Gasteiger charge is 2.27. The smallest absolute Gasteiger partial charge is 0.254 e. The van der Waals surface area contributed by atoms with Crippen LogP contribution >= 0.6 is 0 Å². The van der Waals surface area contributed by atoms with Gasteiger partial charge in [-0.15, -0.1) is 0 Å². The lowest BCUT2D eigenvalue weighted by Crippen LogP contribution is -2.46. The molecule has 24 heavy (non-hydrogen) atoms. The van der Waals surface area contributed by atoms with Crippen LogP contribution < -0.4 is 10.6 Å². The number of hydrogen-bond acceptors (Lipinski definition) is 3. The van der Waals surface area contributed by atoms with E-state index in [1.165, 1.54) is 0 Å². The highest BCUT2D eigenvalue weighted by molar-refractivity contribution is 5.87. The molecule has 1 aromatic carbocycles. The van der Waals surface area contributed by atoms with Crippen LogP contribution in [0.4, 0.5) is 0 Å². The molecule has 2 amide bonds. The Labute approximate surface area is 144 Å². The Morgan fingerprint density at radius 3 is 2.38 bits per heavy atom. The minimum absolute atomic E-state index is 0.0482. The Bertz CT molecular complexity index is 545. The van der Waals surface area contributed by atoms with E-state index >= 15 is 0 Å². The van der Waals surface area contributed by atoms with Crippen LogP contribution in [0.2, 0.25) is 0 Å². The molecule has 0 bridgehead atoms. The molecule has 1 atom stereocenters. The van der Waals surface area contributed by atoms with Gasteiger partial charge in [-0.3, -0.25) is 9.59 Å². The van der Waals surface area contributed by atoms with Crippen LogP contribution in [-0.4, -0.2) is 30.0 Å². The summed E-state index contributed by atoms with van der Waals surface area (Å²) in [7, 11) is 0. The minimum atomic E-state index is -0.670. The SMILES string of the molecule is CC(C)(C)NC(=O)CNC(=O)[C@H](OC1CCCC1)c1ccccc1. The zero-order chi connectivity index (χ0) is 17.6. The van der Waals surface area contributed by atoms with E-state index in [-0.39, 0.29) is 30.0 Å². The predicted molar refractivity (Wildman–Crippen MR) is 93.4 cm³/mol. The molecule has 0 aliphatic heterocycles. The molecular weight excluding hydrogens is 304 g/mol. The van der Waals surface area contributed by atoms with Crippen molar-refractivity contribution in [3.63, 3.8) is 0 Å². The molecule has 1 saturated carbocycles. The number of hydrogen-bond donors (Lipinski definition) is 2. The van der Waals surface area contributed by atoms with Gasteiger partial charge in [0.15, 0.2) is 6.10 Å². The van der Waals surface area contributed by atoms with Crippen LogP contribution in [0.25, 0.3) is 0 Å². The van der Waals surface area contributed by atoms with Crippen molar-refractivity contribution in [1.82, 2.24) is 10.6 Å². The van der Waals surface area contributed by atoms with Gasteiger partial charge in [0.05, 0.1) is 12.6 Å². The summed E-state index contributed by atoms with van der Waals surface area (Å²) in [4.78, 5) is 24.5. The molecule has 1 aromatic rings. The second-order valence-electron chi connectivity index (χ2n) is 7.35. The number of carbonyl (C=O) groups is 2. The van der Waals surface area contributed by atoms with Gasteiger partial charge in [0.2, 0.25) is 5.91 Å². The maximum Gasteiger partial charge on any atom is 0.254 e. The van der Waals surface area contributed by atoms with E-state index in [1.54, 1.807) is 0 Å². The first-order chi connectivity index (χ1) is 11.3. The summed E-state index contributed by atoms with van der Waals surface area (Å²) < 4.78 is 6.05. The maximum absolute atomic E-state index is 12.6. The summed E-state index contributed by atoms with van der Waals surface area (Å²) in [5.74, 6) is -0.472. The fourth-order valence-corrected chi connectivity index (χ4v) is 2.86. The molecule has 0 aromatic heterocycles. The van der Waals surface area contributed by atoms with Gasteiger partial charge in [-0.05, 0) is 39.2 Å². The normalized spacial score (nSPS) is 16.6. The van der Waals surface area contributed by atoms with Crippen LogP contribution in [0.5, 0.6) is 0 Å². The number of nitrogens with one attached hydrogen (secondary N) is 2. The third-order valence-corrected chi connectivity index (χ3v) is 3.91. The number of benzene rings is 1. The molecule has 5 heteroatoms. The second-order valence-corrected chi connectivity index (χ2v) is 7.35. The molecule has 1 aliphatic carbocycles. The van der Waals surface area contributed by atoms with Gasteiger partial charge in [0.1, 0.15) is 0 Å². The van der Waals surface area contributed by atoms with Gasteiger partial charge in [-0.2, -0.15) is 0 Å². The molecule has 5 nitrogen and oxygen atoms in total. The van der Waals surface area contributed by atoms with E-state index in [0.29, 0.717) is 0 Å². The average molecular weight is 332 g/mol. The van der Waals surface area contributed by atoms with E-state index in [2.05, 4.69) is 10.6 Å². The fourth-order valence-electron chi connectivity index (χ4n) is 2.86. The lowest BCUT2D eigenvalue weighted by molar-refractivity contribution is -0.138. The quantitative estimate of drug-likeness (QED) is 0.842. The molecule has 0 heterocycles. The monoisotopic (exact) mass is 332 g/mol. The number of rotatable bonds is 6. The first kappa shape index (κ1) is 18.5. The highest BCUT2D eigenvalue weighted by Crippen LogP contribution is 2.28. The van der Waals surface area contributed by atoms with E-state index in [4.69, 9.17) is 4.74 Å². The van der Waals surface area contributed by atoms with Gasteiger partial charge >= 0.3 is 0 Å². The summed E-state index contributed by atoms with van der Waals surface area (Å²) >= 11 is 0. The van der Waals surface area contributed by atoms with Crippen LogP contribution in [0, 0.1) is 0 Å². The lowest BCUT2D eigenvalue weighted by atomic mass is 10.1. The summed E-state index contributed by atoms with van der Waals surface area (Å²) in [6, 6.07) is 9.45. The lowest BCUT2D eigenvalue weighted by Gasteiger charge is -2.23. The van der Waals surface area contributed by atoms with Gasteiger partial charge in [0, 0.05) is 5.54 Å². The van der Waals surface area contributed by atoms with Crippen LogP contribution in [0.1, 0.15) is 58.1 Å². The van der Waals surface area contributed by atoms with Gasteiger partial charge in [-0.25, -0.2) is 0 Å². The molecule has 1 aliphatic rings. The Morgan fingerprint density at radius 2 is 1.79 bits per heavy atom. The summed E-state index contributed by atoms with van der Waals surface area (Å²) in [6.07, 6.45) is 3.70. The zero-order valence-corrected chi connectivity index (χ0v) is 14.8. The molecule has 0 unspecified atom stereocenters. The maximum atomic E-state index is 12.6. The second kappa shape index (κ2) is 8.29. The van der Waals surface area contributed by atoms with E-state index in [9.17, 15) is 9.59 Å². The van der Waals surface area contributed by atoms with E-state index in [0.717, 1.165) is 31.2 Å². The Morgan fingerprint density at radius 1 is 1.17 bits per heavy atom. The van der Waals surface area contributed by atoms with Gasteiger partial charge in [0.25, 0.3) is 5.91 Å². The highest BCUT2D eigenvalue weighted by atomic mass is 16.5. The fraction of sp³-hybridized carbons (Fsp3) is 0.579. The first-order valence-corrected chi connectivity index (χ1v) is 8.64. The molecule has 0 spiro atoms. The summed E-state index contributed by atoms with van der Waals surface area (Å²) in [5, 5.41) is 5.53. The Balaban J connectivity index is 1.98. The molecular formula is C19H28N2O3. The predicted octanol–water partition coefficient (Wildman–Crippen LogP) is 2.72. The average Bonchev–Trinajstić information content (AvgIpc) is 3.02. The summed E-state index contributed by atoms with van der Waals surface area (Å²) in [6.45, 7) is 5.67. The Hall–Kier alpha value is -1.88. The van der Waals surface area contributed by atoms with E-state index < -0.39 is 6.10 Å². The molecule has 2 rings (SSSR count). The van der Waals surface area contributed by atoms with Crippen molar-refractivity contribution in [2.75, 3.05) is 6.54 Å². The number of amides is 2.